The molecule has 0 amide bonds. The van der Waals surface area contributed by atoms with Crippen molar-refractivity contribution in [2.24, 2.45) is 0 Å². The maximum absolute atomic E-state index is 9.73. The molecular weight excluding hydrogens is 266 g/mol. The van der Waals surface area contributed by atoms with Gasteiger partial charge in [-0.15, -0.1) is 0 Å². The molecule has 4 heteroatoms. The second-order valence-electron chi connectivity index (χ2n) is 5.75. The summed E-state index contributed by atoms with van der Waals surface area (Å²) in [6, 6.07) is 0. The van der Waals surface area contributed by atoms with E-state index in [1.54, 1.807) is 13.0 Å². The third-order valence-electron chi connectivity index (χ3n) is 3.69. The van der Waals surface area contributed by atoms with Gasteiger partial charge in [-0.3, -0.25) is 0 Å². The first-order chi connectivity index (χ1) is 10.1. The van der Waals surface area contributed by atoms with Crippen LogP contribution >= 0.6 is 0 Å². The minimum Gasteiger partial charge on any atom is -0.389 e. The molecular formula is C17H35NO3. The molecule has 0 aromatic carbocycles. The Morgan fingerprint density at radius 3 is 2.05 bits per heavy atom. The monoisotopic (exact) mass is 301 g/mol. The maximum Gasteiger partial charge on any atom is 0.111 e. The number of nitrogens with one attached hydrogen (secondary N) is 1. The van der Waals surface area contributed by atoms with E-state index in [-0.39, 0.29) is 0 Å². The highest BCUT2D eigenvalue weighted by Crippen LogP contribution is 2.08. The van der Waals surface area contributed by atoms with E-state index in [2.05, 4.69) is 12.2 Å². The summed E-state index contributed by atoms with van der Waals surface area (Å²) in [4.78, 5) is 0. The topological polar surface area (TPSA) is 72.7 Å². The van der Waals surface area contributed by atoms with Gasteiger partial charge in [-0.25, -0.2) is 0 Å². The number of rotatable bonds is 14. The number of hydrogen-bond acceptors (Lipinski definition) is 4. The normalized spacial score (nSPS) is 16.2. The van der Waals surface area contributed by atoms with Crippen LogP contribution in [0.15, 0.2) is 12.2 Å². The summed E-state index contributed by atoms with van der Waals surface area (Å²) in [6.45, 7) is 5.15. The molecule has 0 aliphatic carbocycles. The molecule has 0 aliphatic heterocycles. The predicted octanol–water partition coefficient (Wildman–Crippen LogP) is 2.38. The van der Waals surface area contributed by atoms with Gasteiger partial charge in [0.2, 0.25) is 0 Å². The van der Waals surface area contributed by atoms with Crippen molar-refractivity contribution in [2.75, 3.05) is 13.1 Å². The lowest BCUT2D eigenvalue weighted by Gasteiger charge is -2.21. The van der Waals surface area contributed by atoms with Crippen LogP contribution in [0.2, 0.25) is 0 Å². The van der Waals surface area contributed by atoms with Gasteiger partial charge >= 0.3 is 0 Å². The molecule has 0 saturated carbocycles. The summed E-state index contributed by atoms with van der Waals surface area (Å²) in [5.41, 5.74) is 0. The number of unbranched alkanes of at least 4 members (excludes halogenated alkanes) is 7. The van der Waals surface area contributed by atoms with Gasteiger partial charge in [-0.1, -0.05) is 64.0 Å². The van der Waals surface area contributed by atoms with Crippen LogP contribution in [-0.2, 0) is 0 Å². The minimum absolute atomic E-state index is 0.312. The predicted molar refractivity (Wildman–Crippen MR) is 88.3 cm³/mol. The minimum atomic E-state index is -1.13. The molecule has 4 N–H and O–H groups in total. The van der Waals surface area contributed by atoms with E-state index in [0.717, 1.165) is 13.0 Å². The van der Waals surface area contributed by atoms with Crippen molar-refractivity contribution >= 4 is 0 Å². The quantitative estimate of drug-likeness (QED) is 0.294. The molecule has 21 heavy (non-hydrogen) atoms. The molecule has 4 nitrogen and oxygen atoms in total. The molecule has 0 radical (unpaired) electrons. The fourth-order valence-electron chi connectivity index (χ4n) is 2.29. The summed E-state index contributed by atoms with van der Waals surface area (Å²) in [5, 5.41) is 32.1. The molecule has 0 rings (SSSR count). The Morgan fingerprint density at radius 2 is 1.48 bits per heavy atom. The van der Waals surface area contributed by atoms with Gasteiger partial charge < -0.3 is 20.6 Å². The Labute approximate surface area is 130 Å². The fraction of sp³-hybridized carbons (Fsp3) is 0.882. The van der Waals surface area contributed by atoms with Crippen molar-refractivity contribution in [3.8, 4) is 0 Å². The Bertz CT molecular complexity index is 246. The average Bonchev–Trinajstić information content (AvgIpc) is 2.48. The molecule has 126 valence electrons. The van der Waals surface area contributed by atoms with Crippen LogP contribution in [0.3, 0.4) is 0 Å². The standard InChI is InChI=1S/C17H35NO3/c1-3-5-6-7-8-9-10-11-13-18-14-16(20)17(21)15(19)12-4-2/h4,12,15-21H,3,5-11,13-14H2,1-2H3/b12-4-/t15?,16?,17-/m0/s1. The second kappa shape index (κ2) is 14.5. The lowest BCUT2D eigenvalue weighted by Crippen LogP contribution is -2.42. The first kappa shape index (κ1) is 20.6. The molecule has 0 aromatic rings. The van der Waals surface area contributed by atoms with Crippen molar-refractivity contribution in [3.63, 3.8) is 0 Å². The van der Waals surface area contributed by atoms with E-state index < -0.39 is 18.3 Å². The van der Waals surface area contributed by atoms with E-state index >= 15 is 0 Å². The Kier molecular flexibility index (Phi) is 14.2. The van der Waals surface area contributed by atoms with Crippen molar-refractivity contribution in [1.82, 2.24) is 5.32 Å². The summed E-state index contributed by atoms with van der Waals surface area (Å²) in [6.07, 6.45) is 10.3. The summed E-state index contributed by atoms with van der Waals surface area (Å²) >= 11 is 0. The smallest absolute Gasteiger partial charge is 0.111 e. The van der Waals surface area contributed by atoms with Crippen molar-refractivity contribution < 1.29 is 15.3 Å². The van der Waals surface area contributed by atoms with Gasteiger partial charge in [0.25, 0.3) is 0 Å². The van der Waals surface area contributed by atoms with Crippen LogP contribution in [0.5, 0.6) is 0 Å². The highest BCUT2D eigenvalue weighted by Gasteiger charge is 2.21. The second-order valence-corrected chi connectivity index (χ2v) is 5.75. The third-order valence-corrected chi connectivity index (χ3v) is 3.69. The molecule has 0 fully saturated rings. The van der Waals surface area contributed by atoms with Gasteiger partial charge in [0.05, 0.1) is 6.10 Å². The summed E-state index contributed by atoms with van der Waals surface area (Å²) in [7, 11) is 0. The highest BCUT2D eigenvalue weighted by molar-refractivity contribution is 4.92. The van der Waals surface area contributed by atoms with Gasteiger partial charge in [-0.05, 0) is 19.9 Å². The molecule has 0 heterocycles. The molecule has 0 bridgehead atoms. The third kappa shape index (κ3) is 11.9. The number of hydrogen-bond donors (Lipinski definition) is 4. The molecule has 0 aromatic heterocycles. The van der Waals surface area contributed by atoms with Crippen molar-refractivity contribution in [3.05, 3.63) is 12.2 Å². The largest absolute Gasteiger partial charge is 0.389 e. The van der Waals surface area contributed by atoms with Crippen LogP contribution in [-0.4, -0.2) is 46.7 Å². The fourth-order valence-corrected chi connectivity index (χ4v) is 2.29. The highest BCUT2D eigenvalue weighted by atomic mass is 16.4. The Hall–Kier alpha value is -0.420. The SMILES string of the molecule is C/C=C\C(O)[C@H](O)C(O)CNCCCCCCCCCC. The zero-order valence-electron chi connectivity index (χ0n) is 13.8. The number of aliphatic hydroxyl groups is 3. The van der Waals surface area contributed by atoms with Gasteiger partial charge in [-0.2, -0.15) is 0 Å². The van der Waals surface area contributed by atoms with Crippen molar-refractivity contribution in [2.45, 2.75) is 83.5 Å². The molecule has 0 saturated heterocycles. The number of aliphatic hydroxyl groups excluding tert-OH is 3. The zero-order chi connectivity index (χ0) is 15.9. The summed E-state index contributed by atoms with van der Waals surface area (Å²) in [5.74, 6) is 0. The van der Waals surface area contributed by atoms with Gasteiger partial charge in [0.1, 0.15) is 12.2 Å². The molecule has 0 spiro atoms. The van der Waals surface area contributed by atoms with E-state index in [1.165, 1.54) is 51.0 Å². The van der Waals surface area contributed by atoms with E-state index in [1.807, 2.05) is 0 Å². The number of allylic oxidation sites excluding steroid dienone is 1. The van der Waals surface area contributed by atoms with Crippen molar-refractivity contribution in [1.29, 1.82) is 0 Å². The van der Waals surface area contributed by atoms with Crippen LogP contribution in [0.1, 0.15) is 65.2 Å². The zero-order valence-corrected chi connectivity index (χ0v) is 13.8. The van der Waals surface area contributed by atoms with Crippen LogP contribution in [0, 0.1) is 0 Å². The average molecular weight is 301 g/mol. The van der Waals surface area contributed by atoms with E-state index in [9.17, 15) is 15.3 Å². The van der Waals surface area contributed by atoms with Crippen LogP contribution in [0.25, 0.3) is 0 Å². The maximum atomic E-state index is 9.73. The van der Waals surface area contributed by atoms with Gasteiger partial charge in [0.15, 0.2) is 0 Å². The summed E-state index contributed by atoms with van der Waals surface area (Å²) < 4.78 is 0. The van der Waals surface area contributed by atoms with E-state index in [4.69, 9.17) is 0 Å². The lowest BCUT2D eigenvalue weighted by atomic mass is 10.1. The lowest BCUT2D eigenvalue weighted by molar-refractivity contribution is -0.0398. The first-order valence-electron chi connectivity index (χ1n) is 8.51. The Morgan fingerprint density at radius 1 is 0.905 bits per heavy atom. The molecule has 2 unspecified atom stereocenters. The molecule has 0 aliphatic rings. The first-order valence-corrected chi connectivity index (χ1v) is 8.51. The van der Waals surface area contributed by atoms with Gasteiger partial charge in [0, 0.05) is 6.54 Å². The Balaban J connectivity index is 3.41. The molecule has 3 atom stereocenters. The van der Waals surface area contributed by atoms with Crippen LogP contribution < -0.4 is 5.32 Å². The van der Waals surface area contributed by atoms with Crippen LogP contribution in [0.4, 0.5) is 0 Å². The van der Waals surface area contributed by atoms with E-state index in [0.29, 0.717) is 6.54 Å².